The molecular weight excluding hydrogens is 294 g/mol. The Morgan fingerprint density at radius 3 is 2.87 bits per heavy atom. The quantitative estimate of drug-likeness (QED) is 0.820. The fourth-order valence-corrected chi connectivity index (χ4v) is 3.91. The number of hydrogen-bond acceptors (Lipinski definition) is 5. The van der Waals surface area contributed by atoms with E-state index in [0.29, 0.717) is 12.6 Å². The molecule has 3 saturated heterocycles. The van der Waals surface area contributed by atoms with Gasteiger partial charge in [0.05, 0.1) is 24.4 Å². The van der Waals surface area contributed by atoms with E-state index >= 15 is 0 Å². The van der Waals surface area contributed by atoms with Crippen molar-refractivity contribution in [2.45, 2.75) is 37.6 Å². The molecule has 4 heterocycles. The Morgan fingerprint density at radius 1 is 1.22 bits per heavy atom. The van der Waals surface area contributed by atoms with Crippen LogP contribution in [0.5, 0.6) is 0 Å². The second-order valence-corrected chi connectivity index (χ2v) is 6.56. The first-order chi connectivity index (χ1) is 11.3. The van der Waals surface area contributed by atoms with Crippen molar-refractivity contribution in [3.63, 3.8) is 0 Å². The van der Waals surface area contributed by atoms with E-state index in [9.17, 15) is 4.79 Å². The summed E-state index contributed by atoms with van der Waals surface area (Å²) in [6, 6.07) is 6.54. The Balaban J connectivity index is 1.47. The van der Waals surface area contributed by atoms with Crippen LogP contribution in [-0.4, -0.2) is 71.8 Å². The number of rotatable bonds is 3. The van der Waals surface area contributed by atoms with Crippen molar-refractivity contribution >= 4 is 5.91 Å². The van der Waals surface area contributed by atoms with Gasteiger partial charge in [-0.05, 0) is 25.0 Å². The molecule has 23 heavy (non-hydrogen) atoms. The van der Waals surface area contributed by atoms with E-state index in [1.54, 1.807) is 6.20 Å². The summed E-state index contributed by atoms with van der Waals surface area (Å²) in [5, 5.41) is 0. The number of hydrogen-bond donors (Lipinski definition) is 0. The van der Waals surface area contributed by atoms with Crippen LogP contribution in [0.15, 0.2) is 24.4 Å². The zero-order valence-corrected chi connectivity index (χ0v) is 13.3. The Hall–Kier alpha value is -1.50. The lowest BCUT2D eigenvalue weighted by Gasteiger charge is -2.36. The summed E-state index contributed by atoms with van der Waals surface area (Å²) in [5.41, 5.74) is 0.936. The minimum atomic E-state index is 0.0748. The largest absolute Gasteiger partial charge is 0.381 e. The second-order valence-electron chi connectivity index (χ2n) is 6.56. The summed E-state index contributed by atoms with van der Waals surface area (Å²) in [5.74, 6) is 0.0748. The van der Waals surface area contributed by atoms with Crippen LogP contribution >= 0.6 is 0 Å². The third-order valence-corrected chi connectivity index (χ3v) is 5.17. The standard InChI is InChI=1S/C17H23N3O3/c21-17-12-23-16-11-19(14-4-7-22-8-5-14)10-15(16)20(17)9-13-3-1-2-6-18-13/h1-3,6,14-16H,4-5,7-12H2/t15-,16+/m1/s1. The Morgan fingerprint density at radius 2 is 2.09 bits per heavy atom. The Labute approximate surface area is 136 Å². The average molecular weight is 317 g/mol. The molecule has 1 amide bonds. The van der Waals surface area contributed by atoms with Crippen molar-refractivity contribution in [2.75, 3.05) is 32.9 Å². The molecule has 0 N–H and O–H groups in total. The molecule has 0 radical (unpaired) electrons. The van der Waals surface area contributed by atoms with Crippen LogP contribution < -0.4 is 0 Å². The molecule has 2 atom stereocenters. The molecule has 3 aliphatic heterocycles. The molecule has 1 aromatic rings. The van der Waals surface area contributed by atoms with Crippen LogP contribution in [0.1, 0.15) is 18.5 Å². The Bertz CT molecular complexity index is 547. The van der Waals surface area contributed by atoms with Crippen molar-refractivity contribution in [3.05, 3.63) is 30.1 Å². The van der Waals surface area contributed by atoms with Gasteiger partial charge in [0, 0.05) is 38.5 Å². The van der Waals surface area contributed by atoms with Crippen LogP contribution in [0.4, 0.5) is 0 Å². The minimum Gasteiger partial charge on any atom is -0.381 e. The van der Waals surface area contributed by atoms with Crippen molar-refractivity contribution in [1.29, 1.82) is 0 Å². The molecular formula is C17H23N3O3. The number of carbonyl (C=O) groups is 1. The topological polar surface area (TPSA) is 54.9 Å². The number of nitrogens with zero attached hydrogens (tertiary/aromatic N) is 3. The maximum absolute atomic E-state index is 12.4. The third-order valence-electron chi connectivity index (χ3n) is 5.17. The molecule has 0 spiro atoms. The molecule has 3 aliphatic rings. The highest BCUT2D eigenvalue weighted by Gasteiger charge is 2.44. The molecule has 0 aromatic carbocycles. The van der Waals surface area contributed by atoms with Crippen molar-refractivity contribution in [2.24, 2.45) is 0 Å². The maximum atomic E-state index is 12.4. The number of likely N-dealkylation sites (tertiary alicyclic amines) is 1. The summed E-state index contributed by atoms with van der Waals surface area (Å²) < 4.78 is 11.3. The van der Waals surface area contributed by atoms with E-state index in [2.05, 4.69) is 9.88 Å². The molecule has 0 bridgehead atoms. The van der Waals surface area contributed by atoms with Crippen molar-refractivity contribution in [3.8, 4) is 0 Å². The fraction of sp³-hybridized carbons (Fsp3) is 0.647. The highest BCUT2D eigenvalue weighted by molar-refractivity contribution is 5.78. The van der Waals surface area contributed by atoms with Gasteiger partial charge < -0.3 is 14.4 Å². The highest BCUT2D eigenvalue weighted by atomic mass is 16.5. The van der Waals surface area contributed by atoms with E-state index in [0.717, 1.165) is 44.8 Å². The van der Waals surface area contributed by atoms with Gasteiger partial charge in [0.1, 0.15) is 6.61 Å². The molecule has 3 fully saturated rings. The zero-order valence-electron chi connectivity index (χ0n) is 13.3. The predicted octanol–water partition coefficient (Wildman–Crippen LogP) is 0.672. The molecule has 1 aromatic heterocycles. The van der Waals surface area contributed by atoms with E-state index in [1.807, 2.05) is 23.1 Å². The molecule has 0 unspecified atom stereocenters. The van der Waals surface area contributed by atoms with E-state index in [-0.39, 0.29) is 24.7 Å². The van der Waals surface area contributed by atoms with E-state index < -0.39 is 0 Å². The first-order valence-corrected chi connectivity index (χ1v) is 8.44. The first kappa shape index (κ1) is 15.1. The second kappa shape index (κ2) is 6.55. The average Bonchev–Trinajstić information content (AvgIpc) is 3.04. The number of ether oxygens (including phenoxy) is 2. The molecule has 4 rings (SSSR count). The monoisotopic (exact) mass is 317 g/mol. The van der Waals surface area contributed by atoms with E-state index in [4.69, 9.17) is 9.47 Å². The first-order valence-electron chi connectivity index (χ1n) is 8.44. The predicted molar refractivity (Wildman–Crippen MR) is 83.7 cm³/mol. The summed E-state index contributed by atoms with van der Waals surface area (Å²) >= 11 is 0. The van der Waals surface area contributed by atoms with Gasteiger partial charge in [-0.3, -0.25) is 14.7 Å². The molecule has 6 nitrogen and oxygen atoms in total. The van der Waals surface area contributed by atoms with Crippen LogP contribution in [0.3, 0.4) is 0 Å². The van der Waals surface area contributed by atoms with Crippen LogP contribution in [0, 0.1) is 0 Å². The Kier molecular flexibility index (Phi) is 4.29. The molecule has 0 aliphatic carbocycles. The van der Waals surface area contributed by atoms with Gasteiger partial charge >= 0.3 is 0 Å². The zero-order chi connectivity index (χ0) is 15.6. The van der Waals surface area contributed by atoms with Crippen LogP contribution in [-0.2, 0) is 20.8 Å². The van der Waals surface area contributed by atoms with Gasteiger partial charge in [-0.1, -0.05) is 6.07 Å². The van der Waals surface area contributed by atoms with Gasteiger partial charge in [-0.2, -0.15) is 0 Å². The normalized spacial score (nSPS) is 29.7. The molecule has 124 valence electrons. The van der Waals surface area contributed by atoms with Crippen molar-refractivity contribution < 1.29 is 14.3 Å². The highest BCUT2D eigenvalue weighted by Crippen LogP contribution is 2.28. The number of amides is 1. The maximum Gasteiger partial charge on any atom is 0.249 e. The van der Waals surface area contributed by atoms with Crippen molar-refractivity contribution in [1.82, 2.24) is 14.8 Å². The van der Waals surface area contributed by atoms with Gasteiger partial charge in [0.15, 0.2) is 0 Å². The lowest BCUT2D eigenvalue weighted by molar-refractivity contribution is -0.154. The SMILES string of the molecule is O=C1CO[C@H]2CN(C3CCOCC3)C[C@H]2N1Cc1ccccn1. The lowest BCUT2D eigenvalue weighted by Crippen LogP contribution is -2.53. The van der Waals surface area contributed by atoms with Crippen LogP contribution in [0.25, 0.3) is 0 Å². The molecule has 0 saturated carbocycles. The number of morpholine rings is 1. The lowest BCUT2D eigenvalue weighted by atomic mass is 10.1. The summed E-state index contributed by atoms with van der Waals surface area (Å²) in [4.78, 5) is 21.2. The third kappa shape index (κ3) is 3.11. The summed E-state index contributed by atoms with van der Waals surface area (Å²) in [6.45, 7) is 4.26. The van der Waals surface area contributed by atoms with E-state index in [1.165, 1.54) is 0 Å². The number of aromatic nitrogens is 1. The van der Waals surface area contributed by atoms with Crippen LogP contribution in [0.2, 0.25) is 0 Å². The minimum absolute atomic E-state index is 0.0748. The smallest absolute Gasteiger partial charge is 0.249 e. The fourth-order valence-electron chi connectivity index (χ4n) is 3.91. The summed E-state index contributed by atoms with van der Waals surface area (Å²) in [6.07, 6.45) is 4.06. The van der Waals surface area contributed by atoms with Gasteiger partial charge in [0.2, 0.25) is 5.91 Å². The van der Waals surface area contributed by atoms with Gasteiger partial charge in [-0.25, -0.2) is 0 Å². The van der Waals surface area contributed by atoms with Gasteiger partial charge in [-0.15, -0.1) is 0 Å². The molecule has 6 heteroatoms. The van der Waals surface area contributed by atoms with Gasteiger partial charge in [0.25, 0.3) is 0 Å². The number of pyridine rings is 1. The number of fused-ring (bicyclic) bond motifs is 1. The number of carbonyl (C=O) groups excluding carboxylic acids is 1. The summed E-state index contributed by atoms with van der Waals surface area (Å²) in [7, 11) is 0.